The van der Waals surface area contributed by atoms with Crippen LogP contribution in [0.3, 0.4) is 0 Å². The molecule has 4 saturated carbocycles. The van der Waals surface area contributed by atoms with Crippen LogP contribution in [0.5, 0.6) is 0 Å². The van der Waals surface area contributed by atoms with E-state index in [2.05, 4.69) is 23.6 Å². The average Bonchev–Trinajstić information content (AvgIpc) is 3.15. The van der Waals surface area contributed by atoms with Gasteiger partial charge in [-0.25, -0.2) is 0 Å². The van der Waals surface area contributed by atoms with Crippen molar-refractivity contribution in [2.24, 2.45) is 34.5 Å². The SMILES string of the molecule is CC(=O)O[C@H]1C[C@@H]2CC[C@@H]3[C@H](CC[C@]4(C)C(=O)[C@@H](N5CCCCC5)C[C@@H]34)[C@@]2(C)C[C@@H]1N1CCCCC1. The largest absolute Gasteiger partial charge is 0.461 e. The van der Waals surface area contributed by atoms with E-state index >= 15 is 0 Å². The van der Waals surface area contributed by atoms with E-state index in [-0.39, 0.29) is 23.5 Å². The highest BCUT2D eigenvalue weighted by molar-refractivity contribution is 5.92. The number of ether oxygens (including phenoxy) is 1. The molecule has 0 radical (unpaired) electrons. The minimum Gasteiger partial charge on any atom is -0.461 e. The number of nitrogens with zero attached hydrogens (tertiary/aromatic N) is 2. The highest BCUT2D eigenvalue weighted by Crippen LogP contribution is 2.66. The number of piperidine rings is 2. The molecule has 4 aliphatic carbocycles. The molecule has 2 aliphatic heterocycles. The zero-order chi connectivity index (χ0) is 25.1. The van der Waals surface area contributed by atoms with Crippen molar-refractivity contribution >= 4 is 11.8 Å². The molecule has 0 aromatic carbocycles. The second-order valence-electron chi connectivity index (χ2n) is 14.1. The third kappa shape index (κ3) is 4.10. The van der Waals surface area contributed by atoms with Crippen LogP contribution in [-0.2, 0) is 14.3 Å². The summed E-state index contributed by atoms with van der Waals surface area (Å²) < 4.78 is 6.04. The Labute approximate surface area is 219 Å². The van der Waals surface area contributed by atoms with Crippen molar-refractivity contribution < 1.29 is 14.3 Å². The summed E-state index contributed by atoms with van der Waals surface area (Å²) in [5, 5.41) is 0. The Morgan fingerprint density at radius 2 is 1.53 bits per heavy atom. The first-order chi connectivity index (χ1) is 17.3. The Balaban J connectivity index is 1.25. The van der Waals surface area contributed by atoms with Crippen molar-refractivity contribution in [2.75, 3.05) is 26.2 Å². The predicted octanol–water partition coefficient (Wildman–Crippen LogP) is 5.46. The topological polar surface area (TPSA) is 49.9 Å². The molecule has 0 N–H and O–H groups in total. The molecule has 202 valence electrons. The van der Waals surface area contributed by atoms with Crippen LogP contribution in [0.4, 0.5) is 0 Å². The number of fused-ring (bicyclic) bond motifs is 5. The zero-order valence-corrected chi connectivity index (χ0v) is 23.2. The summed E-state index contributed by atoms with van der Waals surface area (Å²) in [7, 11) is 0. The van der Waals surface area contributed by atoms with Gasteiger partial charge in [-0.05, 0) is 126 Å². The van der Waals surface area contributed by atoms with E-state index in [4.69, 9.17) is 4.74 Å². The summed E-state index contributed by atoms with van der Waals surface area (Å²) in [6.45, 7) is 11.1. The van der Waals surface area contributed by atoms with Crippen LogP contribution < -0.4 is 0 Å². The molecule has 0 amide bonds. The molecule has 6 fully saturated rings. The first kappa shape index (κ1) is 25.3. The van der Waals surface area contributed by atoms with E-state index in [0.717, 1.165) is 45.4 Å². The Hall–Kier alpha value is -0.940. The Kier molecular flexibility index (Phi) is 6.80. The second-order valence-corrected chi connectivity index (χ2v) is 14.1. The number of carbonyl (C=O) groups is 2. The van der Waals surface area contributed by atoms with Crippen molar-refractivity contribution in [3.05, 3.63) is 0 Å². The lowest BCUT2D eigenvalue weighted by molar-refractivity contribution is -0.174. The lowest BCUT2D eigenvalue weighted by Gasteiger charge is -2.62. The normalized spacial score (nSPS) is 48.1. The van der Waals surface area contributed by atoms with Crippen molar-refractivity contribution in [3.8, 4) is 0 Å². The maximum atomic E-state index is 13.9. The van der Waals surface area contributed by atoms with Gasteiger partial charge in [0.1, 0.15) is 6.10 Å². The van der Waals surface area contributed by atoms with E-state index in [9.17, 15) is 9.59 Å². The molecule has 2 heterocycles. The summed E-state index contributed by atoms with van der Waals surface area (Å²) in [6, 6.07) is 0.555. The average molecular weight is 499 g/mol. The summed E-state index contributed by atoms with van der Waals surface area (Å²) in [5.74, 6) is 3.09. The summed E-state index contributed by atoms with van der Waals surface area (Å²) in [6.07, 6.45) is 15.9. The molecule has 2 saturated heterocycles. The van der Waals surface area contributed by atoms with Gasteiger partial charge in [-0.2, -0.15) is 0 Å². The first-order valence-corrected chi connectivity index (χ1v) is 15.5. The lowest BCUT2D eigenvalue weighted by Crippen LogP contribution is -2.60. The van der Waals surface area contributed by atoms with Crippen LogP contribution in [-0.4, -0.2) is 65.9 Å². The lowest BCUT2D eigenvalue weighted by atomic mass is 9.44. The van der Waals surface area contributed by atoms with Gasteiger partial charge in [0.25, 0.3) is 0 Å². The number of Topliss-reactive ketones (excluding diaryl/α,β-unsaturated/α-hetero) is 1. The van der Waals surface area contributed by atoms with Gasteiger partial charge >= 0.3 is 5.97 Å². The minimum atomic E-state index is -0.110. The number of hydrogen-bond donors (Lipinski definition) is 0. The quantitative estimate of drug-likeness (QED) is 0.484. The standard InChI is InChI=1S/C31H50N2O3/c1-21(34)36-28-18-22-10-11-23-24(31(22,3)20-27(28)33-16-8-5-9-17-33)12-13-30(2)25(23)19-26(29(30)35)32-14-6-4-7-15-32/h22-28H,4-20H2,1-3H3/t22-,23+,24-,25-,26-,27-,28-,30-,31-/m0/s1. The highest BCUT2D eigenvalue weighted by atomic mass is 16.5. The van der Waals surface area contributed by atoms with Crippen molar-refractivity contribution in [1.82, 2.24) is 9.80 Å². The van der Waals surface area contributed by atoms with Gasteiger partial charge in [0.05, 0.1) is 6.04 Å². The van der Waals surface area contributed by atoms with Crippen molar-refractivity contribution in [2.45, 2.75) is 122 Å². The van der Waals surface area contributed by atoms with E-state index in [1.165, 1.54) is 64.2 Å². The van der Waals surface area contributed by atoms with E-state index in [0.29, 0.717) is 40.9 Å². The van der Waals surface area contributed by atoms with Crippen molar-refractivity contribution in [3.63, 3.8) is 0 Å². The van der Waals surface area contributed by atoms with Crippen LogP contribution in [0, 0.1) is 34.5 Å². The van der Waals surface area contributed by atoms with E-state index in [1.807, 2.05) is 0 Å². The molecule has 9 atom stereocenters. The van der Waals surface area contributed by atoms with Gasteiger partial charge in [-0.3, -0.25) is 19.4 Å². The minimum absolute atomic E-state index is 0.0561. The molecular weight excluding hydrogens is 448 g/mol. The molecule has 6 rings (SSSR count). The molecule has 6 aliphatic rings. The van der Waals surface area contributed by atoms with E-state index in [1.54, 1.807) is 6.92 Å². The molecule has 0 unspecified atom stereocenters. The maximum absolute atomic E-state index is 13.9. The van der Waals surface area contributed by atoms with Gasteiger partial charge in [-0.15, -0.1) is 0 Å². The fraction of sp³-hybridized carbons (Fsp3) is 0.935. The monoisotopic (exact) mass is 498 g/mol. The highest BCUT2D eigenvalue weighted by Gasteiger charge is 2.64. The van der Waals surface area contributed by atoms with Gasteiger partial charge in [0.15, 0.2) is 5.78 Å². The third-order valence-electron chi connectivity index (χ3n) is 12.4. The van der Waals surface area contributed by atoms with Crippen molar-refractivity contribution in [1.29, 1.82) is 0 Å². The number of ketones is 1. The van der Waals surface area contributed by atoms with Crippen LogP contribution in [0.25, 0.3) is 0 Å². The van der Waals surface area contributed by atoms with Crippen LogP contribution in [0.1, 0.15) is 104 Å². The number of likely N-dealkylation sites (tertiary alicyclic amines) is 2. The number of rotatable bonds is 3. The zero-order valence-electron chi connectivity index (χ0n) is 23.2. The molecular formula is C31H50N2O3. The third-order valence-corrected chi connectivity index (χ3v) is 12.4. The predicted molar refractivity (Wildman–Crippen MR) is 141 cm³/mol. The van der Waals surface area contributed by atoms with Gasteiger partial charge < -0.3 is 4.74 Å². The Morgan fingerprint density at radius 1 is 0.861 bits per heavy atom. The van der Waals surface area contributed by atoms with Crippen LogP contribution in [0.15, 0.2) is 0 Å². The first-order valence-electron chi connectivity index (χ1n) is 15.5. The maximum Gasteiger partial charge on any atom is 0.302 e. The van der Waals surface area contributed by atoms with Gasteiger partial charge in [0.2, 0.25) is 0 Å². The molecule has 0 bridgehead atoms. The molecule has 36 heavy (non-hydrogen) atoms. The molecule has 0 aromatic heterocycles. The molecule has 5 heteroatoms. The smallest absolute Gasteiger partial charge is 0.302 e. The molecule has 0 spiro atoms. The number of carbonyl (C=O) groups excluding carboxylic acids is 2. The second kappa shape index (κ2) is 9.67. The van der Waals surface area contributed by atoms with Gasteiger partial charge in [-0.1, -0.05) is 26.7 Å². The van der Waals surface area contributed by atoms with Crippen LogP contribution in [0.2, 0.25) is 0 Å². The van der Waals surface area contributed by atoms with Crippen LogP contribution >= 0.6 is 0 Å². The fourth-order valence-electron chi connectivity index (χ4n) is 10.5. The Bertz CT molecular complexity index is 849. The fourth-order valence-corrected chi connectivity index (χ4v) is 10.5. The summed E-state index contributed by atoms with van der Waals surface area (Å²) in [4.78, 5) is 31.2. The summed E-state index contributed by atoms with van der Waals surface area (Å²) >= 11 is 0. The van der Waals surface area contributed by atoms with E-state index < -0.39 is 0 Å². The molecule has 5 nitrogen and oxygen atoms in total. The van der Waals surface area contributed by atoms with Gasteiger partial charge in [0, 0.05) is 18.4 Å². The number of esters is 1. The Morgan fingerprint density at radius 3 is 2.19 bits per heavy atom. The summed E-state index contributed by atoms with van der Waals surface area (Å²) in [5.41, 5.74) is 0.197. The molecule has 0 aromatic rings. The number of hydrogen-bond acceptors (Lipinski definition) is 5.